The highest BCUT2D eigenvalue weighted by atomic mass is 16.3. The summed E-state index contributed by atoms with van der Waals surface area (Å²) in [7, 11) is 0. The van der Waals surface area contributed by atoms with Crippen LogP contribution in [0.1, 0.15) is 71.8 Å². The van der Waals surface area contributed by atoms with E-state index in [2.05, 4.69) is 41.4 Å². The molecule has 2 fully saturated rings. The summed E-state index contributed by atoms with van der Waals surface area (Å²) in [4.78, 5) is 15.5. The van der Waals surface area contributed by atoms with E-state index in [-0.39, 0.29) is 23.4 Å². The molecule has 0 radical (unpaired) electrons. The van der Waals surface area contributed by atoms with Gasteiger partial charge in [-0.25, -0.2) is 0 Å². The summed E-state index contributed by atoms with van der Waals surface area (Å²) in [5, 5.41) is 14.4. The number of nitrogens with zero attached hydrogens (tertiary/aromatic N) is 1. The second-order valence-electron chi connectivity index (χ2n) is 10.7. The molecule has 30 heavy (non-hydrogen) atoms. The highest BCUT2D eigenvalue weighted by Gasteiger charge is 2.41. The average Bonchev–Trinajstić information content (AvgIpc) is 2.70. The zero-order valence-electron chi connectivity index (χ0n) is 19.4. The summed E-state index contributed by atoms with van der Waals surface area (Å²) in [5.74, 6) is 1.69. The first-order chi connectivity index (χ1) is 14.3. The van der Waals surface area contributed by atoms with E-state index in [1.807, 2.05) is 26.8 Å². The van der Waals surface area contributed by atoms with Gasteiger partial charge < -0.3 is 10.4 Å². The maximum atomic E-state index is 13.2. The Morgan fingerprint density at radius 2 is 1.83 bits per heavy atom. The van der Waals surface area contributed by atoms with Gasteiger partial charge in [-0.1, -0.05) is 62.9 Å². The van der Waals surface area contributed by atoms with Crippen molar-refractivity contribution in [1.82, 2.24) is 10.2 Å². The number of β-amino-alcohol motifs (C(OH)–C–C–N with tert-alkyl or cyclic N) is 1. The molecule has 2 aliphatic rings. The third-order valence-corrected chi connectivity index (χ3v) is 7.13. The quantitative estimate of drug-likeness (QED) is 0.695. The number of aliphatic hydroxyl groups excluding tert-OH is 1. The van der Waals surface area contributed by atoms with Gasteiger partial charge in [-0.3, -0.25) is 9.69 Å². The number of aliphatic hydroxyl groups is 1. The van der Waals surface area contributed by atoms with E-state index in [0.29, 0.717) is 18.4 Å². The van der Waals surface area contributed by atoms with Crippen molar-refractivity contribution < 1.29 is 9.90 Å². The van der Waals surface area contributed by atoms with Crippen LogP contribution in [0.5, 0.6) is 0 Å². The van der Waals surface area contributed by atoms with Crippen LogP contribution in [-0.2, 0) is 11.2 Å². The molecule has 0 aromatic heterocycles. The van der Waals surface area contributed by atoms with Crippen LogP contribution in [0.4, 0.5) is 0 Å². The van der Waals surface area contributed by atoms with E-state index in [4.69, 9.17) is 0 Å². The molecule has 1 aromatic rings. The largest absolute Gasteiger partial charge is 0.391 e. The molecule has 2 N–H and O–H groups in total. The number of benzene rings is 1. The van der Waals surface area contributed by atoms with Crippen LogP contribution in [0.15, 0.2) is 30.3 Å². The minimum absolute atomic E-state index is 0.118. The van der Waals surface area contributed by atoms with E-state index in [1.54, 1.807) is 0 Å². The molecule has 1 heterocycles. The lowest BCUT2D eigenvalue weighted by molar-refractivity contribution is -0.132. The van der Waals surface area contributed by atoms with Crippen LogP contribution >= 0.6 is 0 Å². The molecule has 168 valence electrons. The lowest BCUT2D eigenvalue weighted by Crippen LogP contribution is -2.59. The first kappa shape index (κ1) is 23.3. The maximum absolute atomic E-state index is 13.2. The number of hydrogen-bond donors (Lipinski definition) is 2. The molecule has 5 atom stereocenters. The molecular weight excluding hydrogens is 372 g/mol. The first-order valence-electron chi connectivity index (χ1n) is 12.0. The smallest absolute Gasteiger partial charge is 0.237 e. The molecule has 1 saturated heterocycles. The lowest BCUT2D eigenvalue weighted by atomic mass is 9.72. The van der Waals surface area contributed by atoms with Crippen LogP contribution < -0.4 is 5.32 Å². The van der Waals surface area contributed by atoms with Crippen molar-refractivity contribution in [3.8, 4) is 0 Å². The summed E-state index contributed by atoms with van der Waals surface area (Å²) in [5.41, 5.74) is 1.04. The predicted octanol–water partition coefficient (Wildman–Crippen LogP) is 4.41. The molecule has 0 spiro atoms. The van der Waals surface area contributed by atoms with E-state index < -0.39 is 6.10 Å². The van der Waals surface area contributed by atoms with Gasteiger partial charge in [0.05, 0.1) is 12.1 Å². The fourth-order valence-electron chi connectivity index (χ4n) is 5.49. The number of piperidine rings is 1. The zero-order chi connectivity index (χ0) is 21.7. The van der Waals surface area contributed by atoms with Crippen molar-refractivity contribution in [1.29, 1.82) is 0 Å². The summed E-state index contributed by atoms with van der Waals surface area (Å²) in [6, 6.07) is 10.3. The second-order valence-corrected chi connectivity index (χ2v) is 10.7. The fourth-order valence-corrected chi connectivity index (χ4v) is 5.49. The number of amides is 1. The van der Waals surface area contributed by atoms with Crippen LogP contribution in [0.3, 0.4) is 0 Å². The van der Waals surface area contributed by atoms with Crippen LogP contribution in [0, 0.1) is 17.8 Å². The number of nitrogens with one attached hydrogen (secondary N) is 1. The Labute approximate surface area is 183 Å². The van der Waals surface area contributed by atoms with Gasteiger partial charge in [-0.05, 0) is 63.4 Å². The van der Waals surface area contributed by atoms with E-state index >= 15 is 0 Å². The van der Waals surface area contributed by atoms with Crippen molar-refractivity contribution in [3.05, 3.63) is 35.9 Å². The number of rotatable bonds is 7. The molecule has 4 heteroatoms. The Kier molecular flexibility index (Phi) is 7.98. The molecule has 4 nitrogen and oxygen atoms in total. The van der Waals surface area contributed by atoms with Crippen molar-refractivity contribution in [2.75, 3.05) is 13.1 Å². The van der Waals surface area contributed by atoms with Gasteiger partial charge in [0.1, 0.15) is 0 Å². The summed E-state index contributed by atoms with van der Waals surface area (Å²) in [6.45, 7) is 9.84. The lowest BCUT2D eigenvalue weighted by Gasteiger charge is -2.47. The molecule has 0 bridgehead atoms. The van der Waals surface area contributed by atoms with Crippen molar-refractivity contribution in [2.24, 2.45) is 17.8 Å². The minimum atomic E-state index is -0.416. The van der Waals surface area contributed by atoms with Crippen molar-refractivity contribution in [2.45, 2.75) is 90.3 Å². The summed E-state index contributed by atoms with van der Waals surface area (Å²) in [6.07, 6.45) is 7.48. The van der Waals surface area contributed by atoms with Crippen molar-refractivity contribution >= 4 is 5.91 Å². The summed E-state index contributed by atoms with van der Waals surface area (Å²) < 4.78 is 0. The molecule has 1 amide bonds. The first-order valence-corrected chi connectivity index (χ1v) is 12.0. The molecular formula is C26H42N2O2. The van der Waals surface area contributed by atoms with Gasteiger partial charge in [0.15, 0.2) is 0 Å². The van der Waals surface area contributed by atoms with Crippen molar-refractivity contribution in [3.63, 3.8) is 0 Å². The van der Waals surface area contributed by atoms with Gasteiger partial charge in [-0.2, -0.15) is 0 Å². The zero-order valence-corrected chi connectivity index (χ0v) is 19.4. The number of hydrogen-bond acceptors (Lipinski definition) is 3. The third-order valence-electron chi connectivity index (χ3n) is 7.13. The normalized spacial score (nSPS) is 27.2. The number of carbonyl (C=O) groups excluding carboxylic acids is 1. The fraction of sp³-hybridized carbons (Fsp3) is 0.731. The van der Waals surface area contributed by atoms with Gasteiger partial charge >= 0.3 is 0 Å². The molecule has 1 aliphatic heterocycles. The third kappa shape index (κ3) is 6.31. The van der Waals surface area contributed by atoms with Gasteiger partial charge in [0.25, 0.3) is 0 Å². The number of fused-ring (bicyclic) bond motifs is 1. The van der Waals surface area contributed by atoms with Crippen LogP contribution in [-0.4, -0.2) is 46.7 Å². The number of carbonyl (C=O) groups is 1. The summed E-state index contributed by atoms with van der Waals surface area (Å²) >= 11 is 0. The maximum Gasteiger partial charge on any atom is 0.237 e. The average molecular weight is 415 g/mol. The minimum Gasteiger partial charge on any atom is -0.391 e. The van der Waals surface area contributed by atoms with Crippen LogP contribution in [0.25, 0.3) is 0 Å². The molecule has 1 aliphatic carbocycles. The van der Waals surface area contributed by atoms with E-state index in [1.165, 1.54) is 31.2 Å². The molecule has 5 unspecified atom stereocenters. The monoisotopic (exact) mass is 414 g/mol. The van der Waals surface area contributed by atoms with E-state index in [0.717, 1.165) is 25.8 Å². The predicted molar refractivity (Wildman–Crippen MR) is 123 cm³/mol. The second kappa shape index (κ2) is 10.3. The van der Waals surface area contributed by atoms with Crippen LogP contribution in [0.2, 0.25) is 0 Å². The van der Waals surface area contributed by atoms with Gasteiger partial charge in [-0.15, -0.1) is 0 Å². The standard InChI is InChI=1S/C26H42N2O2/c1-5-20(15-19-11-7-6-8-12-19)24(29)18-28-17-22-14-10-9-13-21(22)16-23(28)25(30)27-26(2,3)4/h6-8,11-12,20-24,29H,5,9-10,13-18H2,1-4H3,(H,27,30). The Morgan fingerprint density at radius 3 is 2.47 bits per heavy atom. The SMILES string of the molecule is CCC(Cc1ccccc1)C(O)CN1CC2CCCCC2CC1C(=O)NC(C)(C)C. The molecule has 1 saturated carbocycles. The topological polar surface area (TPSA) is 52.6 Å². The van der Waals surface area contributed by atoms with Gasteiger partial charge in [0.2, 0.25) is 5.91 Å². The highest BCUT2D eigenvalue weighted by Crippen LogP contribution is 2.39. The van der Waals surface area contributed by atoms with E-state index in [9.17, 15) is 9.90 Å². The Bertz CT molecular complexity index is 669. The molecule has 3 rings (SSSR count). The number of likely N-dealkylation sites (tertiary alicyclic amines) is 1. The Balaban J connectivity index is 1.70. The Hall–Kier alpha value is -1.39. The molecule has 1 aromatic carbocycles. The van der Waals surface area contributed by atoms with Gasteiger partial charge in [0, 0.05) is 18.6 Å². The highest BCUT2D eigenvalue weighted by molar-refractivity contribution is 5.82. The Morgan fingerprint density at radius 1 is 1.17 bits per heavy atom.